The first kappa shape index (κ1) is 19.8. The molecule has 0 aliphatic heterocycles. The van der Waals surface area contributed by atoms with E-state index in [4.69, 9.17) is 0 Å². The van der Waals surface area contributed by atoms with Gasteiger partial charge >= 0.3 is 0 Å². The molecule has 28 heavy (non-hydrogen) atoms. The molecule has 1 heterocycles. The average molecular weight is 399 g/mol. The highest BCUT2D eigenvalue weighted by Gasteiger charge is 2.18. The Labute approximate surface area is 164 Å². The SMILES string of the molecule is CC(C)(C)c1ccccc1Nc1ccc(NS(=O)(=O)c2ccc(F)cc2)nc1. The van der Waals surface area contributed by atoms with E-state index in [0.29, 0.717) is 0 Å². The summed E-state index contributed by atoms with van der Waals surface area (Å²) in [5.74, 6) is -0.318. The fraction of sp³-hybridized carbons (Fsp3) is 0.190. The first-order valence-corrected chi connectivity index (χ1v) is 10.2. The van der Waals surface area contributed by atoms with Gasteiger partial charge in [0.1, 0.15) is 11.6 Å². The maximum atomic E-state index is 13.0. The zero-order chi connectivity index (χ0) is 20.4. The van der Waals surface area contributed by atoms with Crippen molar-refractivity contribution in [1.82, 2.24) is 4.98 Å². The highest BCUT2D eigenvalue weighted by molar-refractivity contribution is 7.92. The molecular formula is C21H22FN3O2S. The van der Waals surface area contributed by atoms with Gasteiger partial charge in [-0.05, 0) is 53.4 Å². The predicted octanol–water partition coefficient (Wildman–Crippen LogP) is 5.06. The molecule has 0 saturated carbocycles. The molecule has 0 saturated heterocycles. The van der Waals surface area contributed by atoms with E-state index >= 15 is 0 Å². The van der Waals surface area contributed by atoms with Crippen LogP contribution in [0, 0.1) is 5.82 Å². The van der Waals surface area contributed by atoms with Crippen molar-refractivity contribution in [2.75, 3.05) is 10.0 Å². The lowest BCUT2D eigenvalue weighted by Crippen LogP contribution is -2.14. The molecule has 5 nitrogen and oxygen atoms in total. The van der Waals surface area contributed by atoms with Crippen LogP contribution in [0.4, 0.5) is 21.6 Å². The average Bonchev–Trinajstić information content (AvgIpc) is 2.63. The van der Waals surface area contributed by atoms with Gasteiger partial charge in [-0.3, -0.25) is 4.72 Å². The second kappa shape index (κ2) is 7.59. The Morgan fingerprint density at radius 1 is 0.929 bits per heavy atom. The van der Waals surface area contributed by atoms with Crippen LogP contribution in [0.25, 0.3) is 0 Å². The quantitative estimate of drug-likeness (QED) is 0.629. The van der Waals surface area contributed by atoms with Crippen LogP contribution in [-0.4, -0.2) is 13.4 Å². The second-order valence-corrected chi connectivity index (χ2v) is 9.09. The molecule has 0 atom stereocenters. The summed E-state index contributed by atoms with van der Waals surface area (Å²) in [5, 5.41) is 3.33. The summed E-state index contributed by atoms with van der Waals surface area (Å²) in [6.07, 6.45) is 1.56. The number of nitrogens with zero attached hydrogens (tertiary/aromatic N) is 1. The van der Waals surface area contributed by atoms with Gasteiger partial charge in [-0.15, -0.1) is 0 Å². The Morgan fingerprint density at radius 3 is 2.21 bits per heavy atom. The zero-order valence-corrected chi connectivity index (χ0v) is 16.7. The molecule has 0 amide bonds. The van der Waals surface area contributed by atoms with Crippen molar-refractivity contribution >= 4 is 27.2 Å². The first-order valence-electron chi connectivity index (χ1n) is 8.76. The van der Waals surface area contributed by atoms with Gasteiger partial charge in [0, 0.05) is 5.69 Å². The van der Waals surface area contributed by atoms with Gasteiger partial charge in [-0.2, -0.15) is 0 Å². The molecule has 7 heteroatoms. The number of hydrogen-bond donors (Lipinski definition) is 2. The van der Waals surface area contributed by atoms with Crippen LogP contribution in [-0.2, 0) is 15.4 Å². The van der Waals surface area contributed by atoms with Gasteiger partial charge in [0.25, 0.3) is 10.0 Å². The topological polar surface area (TPSA) is 71.1 Å². The Balaban J connectivity index is 1.77. The van der Waals surface area contributed by atoms with Crippen molar-refractivity contribution in [1.29, 1.82) is 0 Å². The third-order valence-corrected chi connectivity index (χ3v) is 5.51. The summed E-state index contributed by atoms with van der Waals surface area (Å²) >= 11 is 0. The van der Waals surface area contributed by atoms with Crippen LogP contribution < -0.4 is 10.0 Å². The first-order chi connectivity index (χ1) is 13.1. The standard InChI is InChI=1S/C21H22FN3O2S/c1-21(2,3)18-6-4-5-7-19(18)24-16-10-13-20(23-14-16)25-28(26,27)17-11-8-15(22)9-12-17/h4-14,24H,1-3H3,(H,23,25). The van der Waals surface area contributed by atoms with Gasteiger partial charge in [0.2, 0.25) is 0 Å². The van der Waals surface area contributed by atoms with Crippen molar-refractivity contribution in [2.45, 2.75) is 31.1 Å². The van der Waals surface area contributed by atoms with Crippen molar-refractivity contribution in [3.8, 4) is 0 Å². The largest absolute Gasteiger partial charge is 0.354 e. The van der Waals surface area contributed by atoms with Crippen molar-refractivity contribution in [3.05, 3.63) is 78.2 Å². The van der Waals surface area contributed by atoms with E-state index in [1.807, 2.05) is 18.2 Å². The van der Waals surface area contributed by atoms with E-state index in [0.717, 1.165) is 29.1 Å². The zero-order valence-electron chi connectivity index (χ0n) is 15.9. The number of halogens is 1. The minimum absolute atomic E-state index is 0.0260. The smallest absolute Gasteiger partial charge is 0.263 e. The van der Waals surface area contributed by atoms with Gasteiger partial charge in [0.15, 0.2) is 0 Å². The molecule has 146 valence electrons. The fourth-order valence-corrected chi connectivity index (χ4v) is 3.75. The Kier molecular flexibility index (Phi) is 5.38. The third-order valence-electron chi connectivity index (χ3n) is 4.14. The lowest BCUT2D eigenvalue weighted by atomic mass is 9.86. The molecule has 0 bridgehead atoms. The lowest BCUT2D eigenvalue weighted by molar-refractivity contribution is 0.592. The van der Waals surface area contributed by atoms with Crippen LogP contribution >= 0.6 is 0 Å². The lowest BCUT2D eigenvalue weighted by Gasteiger charge is -2.23. The van der Waals surface area contributed by atoms with Gasteiger partial charge < -0.3 is 5.32 Å². The van der Waals surface area contributed by atoms with Crippen LogP contribution in [0.3, 0.4) is 0 Å². The number of hydrogen-bond acceptors (Lipinski definition) is 4. The number of pyridine rings is 1. The molecule has 2 N–H and O–H groups in total. The Bertz CT molecular complexity index is 1060. The molecule has 0 spiro atoms. The summed E-state index contributed by atoms with van der Waals surface area (Å²) < 4.78 is 40.1. The van der Waals surface area contributed by atoms with Gasteiger partial charge in [-0.25, -0.2) is 17.8 Å². The molecule has 0 aliphatic carbocycles. The maximum Gasteiger partial charge on any atom is 0.263 e. The summed E-state index contributed by atoms with van der Waals surface area (Å²) in [7, 11) is -3.83. The van der Waals surface area contributed by atoms with E-state index in [1.54, 1.807) is 18.3 Å². The molecule has 3 aromatic rings. The van der Waals surface area contributed by atoms with E-state index in [9.17, 15) is 12.8 Å². The summed E-state index contributed by atoms with van der Waals surface area (Å²) in [5.41, 5.74) is 2.84. The van der Waals surface area contributed by atoms with E-state index < -0.39 is 15.8 Å². The Morgan fingerprint density at radius 2 is 1.61 bits per heavy atom. The molecule has 1 aromatic heterocycles. The fourth-order valence-electron chi connectivity index (χ4n) is 2.74. The van der Waals surface area contributed by atoms with Gasteiger partial charge in [0.05, 0.1) is 16.8 Å². The second-order valence-electron chi connectivity index (χ2n) is 7.41. The number of nitrogens with one attached hydrogen (secondary N) is 2. The minimum atomic E-state index is -3.83. The monoisotopic (exact) mass is 399 g/mol. The Hall–Kier alpha value is -2.93. The number of para-hydroxylation sites is 1. The van der Waals surface area contributed by atoms with E-state index in [-0.39, 0.29) is 16.1 Å². The van der Waals surface area contributed by atoms with Gasteiger partial charge in [-0.1, -0.05) is 39.0 Å². The normalized spacial score (nSPS) is 11.9. The van der Waals surface area contributed by atoms with Crippen molar-refractivity contribution in [3.63, 3.8) is 0 Å². The summed E-state index contributed by atoms with van der Waals surface area (Å²) in [6, 6.07) is 15.9. The molecule has 3 rings (SSSR count). The summed E-state index contributed by atoms with van der Waals surface area (Å²) in [6.45, 7) is 6.41. The molecule has 2 aromatic carbocycles. The third kappa shape index (κ3) is 4.67. The molecular weight excluding hydrogens is 377 g/mol. The van der Waals surface area contributed by atoms with E-state index in [2.05, 4.69) is 41.9 Å². The van der Waals surface area contributed by atoms with Crippen LogP contribution in [0.5, 0.6) is 0 Å². The number of rotatable bonds is 5. The van der Waals surface area contributed by atoms with Crippen LogP contribution in [0.2, 0.25) is 0 Å². The van der Waals surface area contributed by atoms with Crippen LogP contribution in [0.1, 0.15) is 26.3 Å². The molecule has 0 aliphatic rings. The molecule has 0 unspecified atom stereocenters. The molecule has 0 fully saturated rings. The van der Waals surface area contributed by atoms with Crippen molar-refractivity contribution < 1.29 is 12.8 Å². The molecule has 0 radical (unpaired) electrons. The number of benzene rings is 2. The highest BCUT2D eigenvalue weighted by Crippen LogP contribution is 2.31. The number of aromatic nitrogens is 1. The van der Waals surface area contributed by atoms with Crippen molar-refractivity contribution in [2.24, 2.45) is 0 Å². The minimum Gasteiger partial charge on any atom is -0.354 e. The number of anilines is 3. The van der Waals surface area contributed by atoms with Crippen LogP contribution in [0.15, 0.2) is 71.8 Å². The number of sulfonamides is 1. The maximum absolute atomic E-state index is 13.0. The highest BCUT2D eigenvalue weighted by atomic mass is 32.2. The predicted molar refractivity (Wildman–Crippen MR) is 110 cm³/mol. The van der Waals surface area contributed by atoms with E-state index in [1.165, 1.54) is 12.1 Å². The summed E-state index contributed by atoms with van der Waals surface area (Å²) in [4.78, 5) is 4.14.